The number of pyridine rings is 1. The Hall–Kier alpha value is -5.82. The number of nitrogens with zero attached hydrogens (tertiary/aromatic N) is 7. The van der Waals surface area contributed by atoms with Gasteiger partial charge < -0.3 is 50.8 Å². The molecule has 4 aliphatic rings. The number of piperazine rings is 1. The van der Waals surface area contributed by atoms with Crippen LogP contribution in [-0.4, -0.2) is 155 Å². The van der Waals surface area contributed by atoms with Crippen LogP contribution in [0.4, 0.5) is 29.2 Å². The SMILES string of the molecule is Cc1cc(N)nc(-c2c(Cl)cc3c(N4CC5CCC(C4)N5)nc(OCC4CCCN4CCCOCCOCC(=O)N[C@H](C(=O)N4C[C@H](O)C[C@H]4C(=O)N[C@@H](C)c4ccc(-c5scnc5C)cc4)C(C)(C)C)nc3c2F)c1C(F)(F)F. The maximum absolute atomic E-state index is 17.0. The van der Waals surface area contributed by atoms with Gasteiger partial charge in [0.25, 0.3) is 0 Å². The number of rotatable bonds is 20. The van der Waals surface area contributed by atoms with Crippen molar-refractivity contribution in [3.63, 3.8) is 0 Å². The van der Waals surface area contributed by atoms with E-state index in [9.17, 15) is 32.7 Å². The highest BCUT2D eigenvalue weighted by Gasteiger charge is 2.45. The summed E-state index contributed by atoms with van der Waals surface area (Å²) in [6, 6.07) is 8.22. The summed E-state index contributed by atoms with van der Waals surface area (Å²) < 4.78 is 78.2. The number of alkyl halides is 3. The number of thiazole rings is 1. The van der Waals surface area contributed by atoms with Gasteiger partial charge in [0.1, 0.15) is 42.4 Å². The van der Waals surface area contributed by atoms with Crippen LogP contribution in [0, 0.1) is 25.1 Å². The summed E-state index contributed by atoms with van der Waals surface area (Å²) in [5, 5.41) is 20.0. The Morgan fingerprint density at radius 2 is 1.70 bits per heavy atom. The number of nitrogens with one attached hydrogen (secondary N) is 3. The monoisotopic (exact) mass is 1150 g/mol. The van der Waals surface area contributed by atoms with E-state index in [-0.39, 0.29) is 96.9 Å². The lowest BCUT2D eigenvalue weighted by molar-refractivity contribution is -0.144. The third kappa shape index (κ3) is 13.4. The minimum Gasteiger partial charge on any atom is -0.462 e. The van der Waals surface area contributed by atoms with Gasteiger partial charge in [0.15, 0.2) is 5.82 Å². The molecule has 4 fully saturated rings. The van der Waals surface area contributed by atoms with E-state index in [1.54, 1.807) is 16.8 Å². The number of aliphatic hydroxyl groups is 1. The molecule has 0 radical (unpaired) electrons. The van der Waals surface area contributed by atoms with Crippen molar-refractivity contribution >= 4 is 63.2 Å². The summed E-state index contributed by atoms with van der Waals surface area (Å²) in [5.41, 5.74) is 6.90. The third-order valence-corrected chi connectivity index (χ3v) is 16.7. The van der Waals surface area contributed by atoms with Crippen LogP contribution < -0.4 is 31.3 Å². The predicted octanol–water partition coefficient (Wildman–Crippen LogP) is 7.40. The summed E-state index contributed by atoms with van der Waals surface area (Å²) in [5.74, 6) is -2.33. The van der Waals surface area contributed by atoms with E-state index >= 15 is 4.39 Å². The van der Waals surface area contributed by atoms with Gasteiger partial charge in [-0.05, 0) is 93.7 Å². The Bertz CT molecular complexity index is 3050. The molecule has 5 aromatic rings. The summed E-state index contributed by atoms with van der Waals surface area (Å²) in [6.07, 6.45) is -1.44. The zero-order chi connectivity index (χ0) is 57.2. The molecule has 7 heterocycles. The normalized spacial score (nSPS) is 21.3. The molecular weight excluding hydrogens is 1080 g/mol. The number of nitrogens with two attached hydrogens (primary N) is 1. The molecule has 4 saturated heterocycles. The fourth-order valence-corrected chi connectivity index (χ4v) is 12.5. The molecule has 3 aromatic heterocycles. The van der Waals surface area contributed by atoms with Crippen molar-refractivity contribution in [2.24, 2.45) is 5.41 Å². The van der Waals surface area contributed by atoms with Crippen LogP contribution in [0.25, 0.3) is 32.6 Å². The number of fused-ring (bicyclic) bond motifs is 3. The van der Waals surface area contributed by atoms with Gasteiger partial charge >= 0.3 is 12.2 Å². The van der Waals surface area contributed by atoms with Gasteiger partial charge in [-0.3, -0.25) is 19.3 Å². The Morgan fingerprint density at radius 1 is 0.975 bits per heavy atom. The number of nitrogen functional groups attached to an aromatic ring is 1. The van der Waals surface area contributed by atoms with E-state index < -0.39 is 70.1 Å². The summed E-state index contributed by atoms with van der Waals surface area (Å²) >= 11 is 8.24. The summed E-state index contributed by atoms with van der Waals surface area (Å²) in [4.78, 5) is 65.4. The number of likely N-dealkylation sites (tertiary alicyclic amines) is 2. The second-order valence-corrected chi connectivity index (χ2v) is 23.7. The largest absolute Gasteiger partial charge is 0.462 e. The lowest BCUT2D eigenvalue weighted by Crippen LogP contribution is -2.58. The molecule has 80 heavy (non-hydrogen) atoms. The van der Waals surface area contributed by atoms with Gasteiger partial charge in [-0.15, -0.1) is 11.3 Å². The number of β-amino-alcohol motifs (C(OH)–C–C–N with tert-alkyl or cyclic N) is 1. The van der Waals surface area contributed by atoms with E-state index in [2.05, 4.69) is 35.8 Å². The summed E-state index contributed by atoms with van der Waals surface area (Å²) in [7, 11) is 0. The van der Waals surface area contributed by atoms with Crippen molar-refractivity contribution < 1.29 is 51.3 Å². The van der Waals surface area contributed by atoms with Crippen molar-refractivity contribution in [3.8, 4) is 27.7 Å². The molecule has 0 spiro atoms. The van der Waals surface area contributed by atoms with Crippen LogP contribution in [0.5, 0.6) is 6.01 Å². The number of amides is 3. The Labute approximate surface area is 471 Å². The number of ether oxygens (including phenoxy) is 3. The first-order valence-electron chi connectivity index (χ1n) is 27.2. The second-order valence-electron chi connectivity index (χ2n) is 22.4. The molecule has 432 valence electrons. The van der Waals surface area contributed by atoms with E-state index in [0.717, 1.165) is 60.0 Å². The average molecular weight is 1150 g/mol. The van der Waals surface area contributed by atoms with Crippen LogP contribution in [0.1, 0.15) is 94.6 Å². The third-order valence-electron chi connectivity index (χ3n) is 15.4. The number of aryl methyl sites for hydroxylation is 2. The van der Waals surface area contributed by atoms with Crippen LogP contribution >= 0.6 is 22.9 Å². The van der Waals surface area contributed by atoms with Gasteiger partial charge in [-0.2, -0.15) is 23.1 Å². The van der Waals surface area contributed by atoms with E-state index in [4.69, 9.17) is 36.5 Å². The lowest BCUT2D eigenvalue weighted by atomic mass is 9.85. The number of halogens is 5. The Balaban J connectivity index is 0.749. The number of aliphatic hydroxyl groups excluding tert-OH is 1. The van der Waals surface area contributed by atoms with Crippen LogP contribution in [0.2, 0.25) is 5.02 Å². The molecule has 7 atom stereocenters. The minimum absolute atomic E-state index is 0.0337. The molecule has 3 amide bonds. The number of hydrogen-bond donors (Lipinski definition) is 5. The zero-order valence-electron chi connectivity index (χ0n) is 45.8. The van der Waals surface area contributed by atoms with Crippen LogP contribution in [-0.2, 0) is 30.0 Å². The lowest BCUT2D eigenvalue weighted by Gasteiger charge is -2.35. The van der Waals surface area contributed by atoms with Crippen molar-refractivity contribution in [1.82, 2.24) is 45.7 Å². The van der Waals surface area contributed by atoms with Gasteiger partial charge in [-0.1, -0.05) is 56.6 Å². The molecule has 6 N–H and O–H groups in total. The maximum Gasteiger partial charge on any atom is 0.418 e. The number of carbonyl (C=O) groups excluding carboxylic acids is 3. The fourth-order valence-electron chi connectivity index (χ4n) is 11.4. The number of anilines is 2. The van der Waals surface area contributed by atoms with Gasteiger partial charge in [0, 0.05) is 62.7 Å². The van der Waals surface area contributed by atoms with E-state index in [0.29, 0.717) is 38.5 Å². The highest BCUT2D eigenvalue weighted by molar-refractivity contribution is 7.13. The molecule has 0 saturated carbocycles. The van der Waals surface area contributed by atoms with Gasteiger partial charge in [-0.25, -0.2) is 14.4 Å². The van der Waals surface area contributed by atoms with E-state index in [1.807, 2.05) is 63.8 Å². The molecule has 24 heteroatoms. The number of aromatic nitrogens is 4. The molecular formula is C56H70ClF4N11O7S. The highest BCUT2D eigenvalue weighted by Crippen LogP contribution is 2.45. The van der Waals surface area contributed by atoms with Crippen molar-refractivity contribution in [2.45, 2.75) is 129 Å². The van der Waals surface area contributed by atoms with Crippen molar-refractivity contribution in [1.29, 1.82) is 0 Å². The first kappa shape index (κ1) is 58.8. The standard InChI is InChI=1S/C56H70ClF4N11O7S/c1-30-21-42(62)66-48(45(30)56(59,60)61)44-40(57)23-39-47(46(44)58)68-54(69-51(39)71-24-35-14-15-36(25-71)65-35)79-27-37-9-7-16-70(37)17-8-18-77-19-20-78-28-43(74)67-50(55(4,5)6)53(76)72-26-38(73)22-41(72)52(75)64-31(2)33-10-12-34(13-11-33)49-32(3)63-29-80-49/h10-13,21,23,29,31,35-38,41,50,65,73H,7-9,14-20,22,24-28H2,1-6H3,(H2,62,66)(H,64,75)(H,67,74)/t31-,35?,36?,37?,38+,41-,50+/m0/s1. The molecule has 4 aliphatic heterocycles. The van der Waals surface area contributed by atoms with Crippen LogP contribution in [0.15, 0.2) is 41.9 Å². The zero-order valence-corrected chi connectivity index (χ0v) is 47.4. The highest BCUT2D eigenvalue weighted by atomic mass is 35.5. The van der Waals surface area contributed by atoms with Gasteiger partial charge in [0.05, 0.1) is 63.3 Å². The molecule has 18 nitrogen and oxygen atoms in total. The Kier molecular flexibility index (Phi) is 18.2. The van der Waals surface area contributed by atoms with Crippen molar-refractivity contribution in [2.75, 3.05) is 76.4 Å². The molecule has 2 aromatic carbocycles. The van der Waals surface area contributed by atoms with Gasteiger partial charge in [0.2, 0.25) is 17.7 Å². The number of benzene rings is 2. The first-order valence-corrected chi connectivity index (χ1v) is 28.5. The van der Waals surface area contributed by atoms with Crippen LogP contribution in [0.3, 0.4) is 0 Å². The number of hydrogen-bond acceptors (Lipinski definition) is 16. The average Bonchev–Trinajstić information content (AvgIpc) is 4.28. The Morgan fingerprint density at radius 3 is 2.39 bits per heavy atom. The molecule has 2 bridgehead atoms. The topological polar surface area (TPSA) is 223 Å². The first-order chi connectivity index (χ1) is 38.0. The minimum atomic E-state index is -4.89. The second kappa shape index (κ2) is 24.7. The van der Waals surface area contributed by atoms with Crippen molar-refractivity contribution in [3.05, 3.63) is 75.1 Å². The quantitative estimate of drug-likeness (QED) is 0.0378. The molecule has 3 unspecified atom stereocenters. The molecule has 0 aliphatic carbocycles. The fraction of sp³-hybridized carbons (Fsp3) is 0.554. The molecule has 9 rings (SSSR count). The predicted molar refractivity (Wildman–Crippen MR) is 297 cm³/mol. The summed E-state index contributed by atoms with van der Waals surface area (Å²) in [6.45, 7) is 13.6. The maximum atomic E-state index is 17.0. The smallest absolute Gasteiger partial charge is 0.418 e. The number of carbonyl (C=O) groups is 3. The van der Waals surface area contributed by atoms with E-state index in [1.165, 1.54) is 17.9 Å².